The summed E-state index contributed by atoms with van der Waals surface area (Å²) in [6, 6.07) is 10.0. The van der Waals surface area contributed by atoms with Gasteiger partial charge in [-0.05, 0) is 12.1 Å². The Bertz CT molecular complexity index is 575. The summed E-state index contributed by atoms with van der Waals surface area (Å²) < 4.78 is 1.31. The van der Waals surface area contributed by atoms with Gasteiger partial charge in [0.2, 0.25) is 5.43 Å². The largest absolute Gasteiger partial charge is 0.543 e. The fraction of sp³-hybridized carbons (Fsp3) is 0. The summed E-state index contributed by atoms with van der Waals surface area (Å²) in [5.41, 5.74) is -0.580. The number of hydrogen-bond acceptors (Lipinski definition) is 4. The van der Waals surface area contributed by atoms with Gasteiger partial charge < -0.3 is 9.90 Å². The zero-order valence-electron chi connectivity index (χ0n) is 8.16. The van der Waals surface area contributed by atoms with Crippen LogP contribution in [-0.2, 0) is 0 Å². The van der Waals surface area contributed by atoms with E-state index in [2.05, 4.69) is 5.10 Å². The summed E-state index contributed by atoms with van der Waals surface area (Å²) >= 11 is 0. The molecule has 0 saturated heterocycles. The van der Waals surface area contributed by atoms with Gasteiger partial charge in [0, 0.05) is 12.3 Å². The van der Waals surface area contributed by atoms with Crippen LogP contribution in [-0.4, -0.2) is 15.7 Å². The number of rotatable bonds is 2. The van der Waals surface area contributed by atoms with Crippen molar-refractivity contribution in [2.24, 2.45) is 0 Å². The van der Waals surface area contributed by atoms with E-state index in [4.69, 9.17) is 0 Å². The number of nitrogens with zero attached hydrogens (tertiary/aromatic N) is 2. The van der Waals surface area contributed by atoms with E-state index in [0.29, 0.717) is 5.69 Å². The van der Waals surface area contributed by atoms with Gasteiger partial charge >= 0.3 is 0 Å². The molecule has 0 saturated carbocycles. The van der Waals surface area contributed by atoms with Crippen molar-refractivity contribution in [3.8, 4) is 5.69 Å². The van der Waals surface area contributed by atoms with E-state index in [1.165, 1.54) is 10.9 Å². The van der Waals surface area contributed by atoms with Crippen molar-refractivity contribution in [2.45, 2.75) is 0 Å². The van der Waals surface area contributed by atoms with Gasteiger partial charge in [-0.15, -0.1) is 0 Å². The van der Waals surface area contributed by atoms with Crippen LogP contribution in [0.3, 0.4) is 0 Å². The predicted octanol–water partition coefficient (Wildman–Crippen LogP) is -0.404. The molecule has 0 atom stereocenters. The summed E-state index contributed by atoms with van der Waals surface area (Å²) in [5, 5.41) is 14.3. The fourth-order valence-electron chi connectivity index (χ4n) is 1.27. The summed E-state index contributed by atoms with van der Waals surface area (Å²) in [4.78, 5) is 21.8. The van der Waals surface area contributed by atoms with Crippen LogP contribution in [0.4, 0.5) is 0 Å². The molecule has 0 spiro atoms. The molecule has 0 unspecified atom stereocenters. The van der Waals surface area contributed by atoms with Gasteiger partial charge in [-0.25, -0.2) is 4.68 Å². The number of aromatic nitrogens is 2. The van der Waals surface area contributed by atoms with Crippen LogP contribution in [0.2, 0.25) is 0 Å². The van der Waals surface area contributed by atoms with E-state index >= 15 is 0 Å². The molecule has 0 fully saturated rings. The molecule has 0 aliphatic heterocycles. The summed E-state index contributed by atoms with van der Waals surface area (Å²) in [5.74, 6) is -1.57. The molecule has 0 radical (unpaired) electrons. The third kappa shape index (κ3) is 1.83. The highest BCUT2D eigenvalue weighted by Crippen LogP contribution is 2.03. The number of carboxylic acids is 1. The molecular formula is C11H7N2O3-. The zero-order chi connectivity index (χ0) is 11.5. The Morgan fingerprint density at radius 2 is 1.88 bits per heavy atom. The third-order valence-electron chi connectivity index (χ3n) is 2.02. The molecule has 0 amide bonds. The lowest BCUT2D eigenvalue weighted by Gasteiger charge is -2.07. The highest BCUT2D eigenvalue weighted by molar-refractivity contribution is 5.82. The standard InChI is InChI=1S/C11H8N2O3/c14-9-6-7-13(12-10(9)11(15)16)8-4-2-1-3-5-8/h1-7H,(H,15,16)/p-1. The lowest BCUT2D eigenvalue weighted by Crippen LogP contribution is -2.31. The molecular weight excluding hydrogens is 208 g/mol. The first-order chi connectivity index (χ1) is 7.68. The molecule has 80 valence electrons. The smallest absolute Gasteiger partial charge is 0.209 e. The molecule has 16 heavy (non-hydrogen) atoms. The van der Waals surface area contributed by atoms with E-state index in [0.717, 1.165) is 6.07 Å². The Hall–Kier alpha value is -2.43. The van der Waals surface area contributed by atoms with Crippen molar-refractivity contribution in [1.29, 1.82) is 0 Å². The summed E-state index contributed by atoms with van der Waals surface area (Å²) in [6.07, 6.45) is 1.41. The normalized spacial score (nSPS) is 10.0. The minimum Gasteiger partial charge on any atom is -0.543 e. The van der Waals surface area contributed by atoms with Gasteiger partial charge in [-0.1, -0.05) is 18.2 Å². The van der Waals surface area contributed by atoms with Crippen molar-refractivity contribution >= 4 is 5.97 Å². The average Bonchev–Trinajstić information content (AvgIpc) is 2.30. The minimum absolute atomic E-state index is 0.591. The molecule has 0 aliphatic rings. The number of benzene rings is 1. The molecule has 5 nitrogen and oxygen atoms in total. The van der Waals surface area contributed by atoms with Crippen LogP contribution in [0.25, 0.3) is 5.69 Å². The quantitative estimate of drug-likeness (QED) is 0.682. The molecule has 5 heteroatoms. The lowest BCUT2D eigenvalue weighted by atomic mass is 10.3. The van der Waals surface area contributed by atoms with E-state index < -0.39 is 17.1 Å². The van der Waals surface area contributed by atoms with Crippen molar-refractivity contribution in [3.05, 3.63) is 58.5 Å². The number of para-hydroxylation sites is 1. The maximum Gasteiger partial charge on any atom is 0.209 e. The maximum absolute atomic E-state index is 11.1. The first-order valence-electron chi connectivity index (χ1n) is 4.55. The Kier molecular flexibility index (Phi) is 2.51. The topological polar surface area (TPSA) is 75.0 Å². The van der Waals surface area contributed by atoms with Crippen molar-refractivity contribution in [3.63, 3.8) is 0 Å². The molecule has 2 aromatic rings. The second-order valence-electron chi connectivity index (χ2n) is 3.10. The second kappa shape index (κ2) is 3.98. The highest BCUT2D eigenvalue weighted by Gasteiger charge is 2.03. The zero-order valence-corrected chi connectivity index (χ0v) is 8.16. The van der Waals surface area contributed by atoms with Crippen molar-refractivity contribution < 1.29 is 9.90 Å². The highest BCUT2D eigenvalue weighted by atomic mass is 16.4. The van der Waals surface area contributed by atoms with Crippen molar-refractivity contribution in [1.82, 2.24) is 9.78 Å². The molecule has 1 aromatic carbocycles. The lowest BCUT2D eigenvalue weighted by molar-refractivity contribution is -0.255. The monoisotopic (exact) mass is 215 g/mol. The Labute approximate surface area is 90.6 Å². The van der Waals surface area contributed by atoms with Crippen LogP contribution in [0.15, 0.2) is 47.4 Å². The van der Waals surface area contributed by atoms with Crippen LogP contribution < -0.4 is 10.5 Å². The van der Waals surface area contributed by atoms with Gasteiger partial charge in [0.25, 0.3) is 0 Å². The summed E-state index contributed by atoms with van der Waals surface area (Å²) in [7, 11) is 0. The first-order valence-corrected chi connectivity index (χ1v) is 4.55. The van der Waals surface area contributed by atoms with Crippen LogP contribution in [0, 0.1) is 0 Å². The molecule has 2 rings (SSSR count). The van der Waals surface area contributed by atoms with Crippen LogP contribution in [0.5, 0.6) is 0 Å². The molecule has 0 aliphatic carbocycles. The first kappa shape index (κ1) is 10.1. The van der Waals surface area contributed by atoms with E-state index in [1.54, 1.807) is 24.3 Å². The van der Waals surface area contributed by atoms with Crippen LogP contribution >= 0.6 is 0 Å². The number of carboxylic acid groups (broad SMARTS) is 1. The van der Waals surface area contributed by atoms with Gasteiger partial charge in [0.05, 0.1) is 11.7 Å². The van der Waals surface area contributed by atoms with E-state index in [9.17, 15) is 14.7 Å². The third-order valence-corrected chi connectivity index (χ3v) is 2.02. The number of aromatic carboxylic acids is 1. The van der Waals surface area contributed by atoms with Crippen molar-refractivity contribution in [2.75, 3.05) is 0 Å². The van der Waals surface area contributed by atoms with Gasteiger partial charge in [0.15, 0.2) is 5.69 Å². The summed E-state index contributed by atoms with van der Waals surface area (Å²) in [6.45, 7) is 0. The Balaban J connectivity index is 2.57. The SMILES string of the molecule is O=C([O-])c1nn(-c2ccccc2)ccc1=O. The Morgan fingerprint density at radius 1 is 1.19 bits per heavy atom. The Morgan fingerprint density at radius 3 is 2.50 bits per heavy atom. The molecule has 0 N–H and O–H groups in total. The maximum atomic E-state index is 11.1. The van der Waals surface area contributed by atoms with Gasteiger partial charge in [-0.3, -0.25) is 4.79 Å². The molecule has 1 heterocycles. The van der Waals surface area contributed by atoms with Gasteiger partial charge in [0.1, 0.15) is 0 Å². The fourth-order valence-corrected chi connectivity index (χ4v) is 1.27. The predicted molar refractivity (Wildman–Crippen MR) is 54.2 cm³/mol. The van der Waals surface area contributed by atoms with E-state index in [-0.39, 0.29) is 0 Å². The molecule has 0 bridgehead atoms. The minimum atomic E-state index is -1.57. The number of hydrogen-bond donors (Lipinski definition) is 0. The number of carbonyl (C=O) groups excluding carboxylic acids is 1. The number of carbonyl (C=O) groups is 1. The second-order valence-corrected chi connectivity index (χ2v) is 3.10. The van der Waals surface area contributed by atoms with Crippen LogP contribution in [0.1, 0.15) is 10.5 Å². The van der Waals surface area contributed by atoms with E-state index in [1.807, 2.05) is 6.07 Å². The molecule has 1 aromatic heterocycles. The van der Waals surface area contributed by atoms with Gasteiger partial charge in [-0.2, -0.15) is 5.10 Å². The average molecular weight is 215 g/mol.